The van der Waals surface area contributed by atoms with Crippen molar-refractivity contribution in [2.75, 3.05) is 25.0 Å². The van der Waals surface area contributed by atoms with Gasteiger partial charge in [-0.25, -0.2) is 0 Å². The molecular weight excluding hydrogens is 333 g/mol. The van der Waals surface area contributed by atoms with E-state index in [1.54, 1.807) is 0 Å². The number of nitrogens with two attached hydrogens (primary N) is 1. The number of anilines is 1. The van der Waals surface area contributed by atoms with E-state index in [9.17, 15) is 4.79 Å². The van der Waals surface area contributed by atoms with E-state index >= 15 is 0 Å². The molecule has 1 aliphatic rings. The smallest absolute Gasteiger partial charge is 0.241 e. The van der Waals surface area contributed by atoms with Gasteiger partial charge in [-0.15, -0.1) is 24.8 Å². The maximum absolute atomic E-state index is 11.9. The minimum Gasteiger partial charge on any atom is -0.325 e. The Morgan fingerprint density at radius 2 is 1.74 bits per heavy atom. The summed E-state index contributed by atoms with van der Waals surface area (Å²) < 4.78 is 0. The van der Waals surface area contributed by atoms with Crippen molar-refractivity contribution in [3.63, 3.8) is 0 Å². The number of benzene rings is 1. The molecule has 0 bridgehead atoms. The van der Waals surface area contributed by atoms with Gasteiger partial charge in [-0.05, 0) is 56.0 Å². The van der Waals surface area contributed by atoms with Gasteiger partial charge in [0.2, 0.25) is 5.91 Å². The Kier molecular flexibility index (Phi) is 10.5. The van der Waals surface area contributed by atoms with Crippen LogP contribution < -0.4 is 11.1 Å². The van der Waals surface area contributed by atoms with Gasteiger partial charge in [-0.1, -0.05) is 26.0 Å². The zero-order valence-electron chi connectivity index (χ0n) is 14.0. The van der Waals surface area contributed by atoms with Crippen LogP contribution in [0.25, 0.3) is 0 Å². The second-order valence-corrected chi connectivity index (χ2v) is 6.25. The second kappa shape index (κ2) is 10.9. The lowest BCUT2D eigenvalue weighted by Gasteiger charge is -2.16. The number of hydrogen-bond acceptors (Lipinski definition) is 3. The zero-order chi connectivity index (χ0) is 15.2. The van der Waals surface area contributed by atoms with Crippen LogP contribution in [0.4, 0.5) is 5.69 Å². The van der Waals surface area contributed by atoms with Gasteiger partial charge in [0.15, 0.2) is 0 Å². The highest BCUT2D eigenvalue weighted by molar-refractivity contribution is 5.94. The third kappa shape index (κ3) is 7.08. The molecule has 0 saturated carbocycles. The van der Waals surface area contributed by atoms with Crippen LogP contribution in [0.3, 0.4) is 0 Å². The highest BCUT2D eigenvalue weighted by atomic mass is 35.5. The monoisotopic (exact) mass is 361 g/mol. The highest BCUT2D eigenvalue weighted by Crippen LogP contribution is 2.13. The van der Waals surface area contributed by atoms with Gasteiger partial charge in [0.05, 0.1) is 6.04 Å². The van der Waals surface area contributed by atoms with Gasteiger partial charge in [0.1, 0.15) is 0 Å². The molecule has 4 nitrogen and oxygen atoms in total. The van der Waals surface area contributed by atoms with Gasteiger partial charge in [0.25, 0.3) is 0 Å². The lowest BCUT2D eigenvalue weighted by atomic mass is 10.0. The van der Waals surface area contributed by atoms with Crippen LogP contribution in [0.5, 0.6) is 0 Å². The maximum atomic E-state index is 11.9. The number of carbonyl (C=O) groups is 1. The summed E-state index contributed by atoms with van der Waals surface area (Å²) in [5.41, 5.74) is 7.97. The summed E-state index contributed by atoms with van der Waals surface area (Å²) in [5.74, 6) is 0.0274. The Bertz CT molecular complexity index is 459. The van der Waals surface area contributed by atoms with Crippen molar-refractivity contribution in [2.24, 2.45) is 11.7 Å². The van der Waals surface area contributed by atoms with Crippen molar-refractivity contribution in [2.45, 2.75) is 39.2 Å². The van der Waals surface area contributed by atoms with Gasteiger partial charge >= 0.3 is 0 Å². The normalized spacial score (nSPS) is 15.7. The van der Waals surface area contributed by atoms with Crippen molar-refractivity contribution >= 4 is 36.4 Å². The van der Waals surface area contributed by atoms with Crippen LogP contribution in [0, 0.1) is 5.92 Å². The topological polar surface area (TPSA) is 58.4 Å². The molecule has 3 N–H and O–H groups in total. The van der Waals surface area contributed by atoms with Crippen LogP contribution >= 0.6 is 24.8 Å². The molecule has 0 spiro atoms. The van der Waals surface area contributed by atoms with E-state index in [0.717, 1.165) is 18.7 Å². The zero-order valence-corrected chi connectivity index (χ0v) is 15.6. The van der Waals surface area contributed by atoms with Crippen LogP contribution in [0.2, 0.25) is 0 Å². The first-order chi connectivity index (χ1) is 10.1. The van der Waals surface area contributed by atoms with Gasteiger partial charge < -0.3 is 16.0 Å². The average molecular weight is 362 g/mol. The first-order valence-electron chi connectivity index (χ1n) is 7.94. The largest absolute Gasteiger partial charge is 0.325 e. The quantitative estimate of drug-likeness (QED) is 0.818. The SMILES string of the molecule is CC(C)[C@H](N)C(=O)Nc1ccc(CCN2CCCC2)cc1.Cl.Cl. The minimum absolute atomic E-state index is 0. The fourth-order valence-electron chi connectivity index (χ4n) is 2.58. The van der Waals surface area contributed by atoms with Crippen molar-refractivity contribution in [3.8, 4) is 0 Å². The lowest BCUT2D eigenvalue weighted by molar-refractivity contribution is -0.118. The third-order valence-electron chi connectivity index (χ3n) is 4.16. The van der Waals surface area contributed by atoms with E-state index < -0.39 is 6.04 Å². The number of halogens is 2. The average Bonchev–Trinajstić information content (AvgIpc) is 2.99. The first-order valence-corrected chi connectivity index (χ1v) is 7.94. The number of nitrogens with zero attached hydrogens (tertiary/aromatic N) is 1. The Labute approximate surface area is 152 Å². The van der Waals surface area contributed by atoms with Gasteiger partial charge in [-0.3, -0.25) is 4.79 Å². The van der Waals surface area contributed by atoms with E-state index in [-0.39, 0.29) is 36.6 Å². The summed E-state index contributed by atoms with van der Waals surface area (Å²) >= 11 is 0. The van der Waals surface area contributed by atoms with Crippen LogP contribution in [-0.4, -0.2) is 36.5 Å². The molecule has 1 fully saturated rings. The van der Waals surface area contributed by atoms with E-state index in [1.165, 1.54) is 31.5 Å². The van der Waals surface area contributed by atoms with Crippen LogP contribution in [0.15, 0.2) is 24.3 Å². The molecule has 1 aromatic carbocycles. The summed E-state index contributed by atoms with van der Waals surface area (Å²) in [6.07, 6.45) is 3.74. The molecule has 1 amide bonds. The molecule has 132 valence electrons. The van der Waals surface area contributed by atoms with E-state index in [2.05, 4.69) is 22.3 Å². The minimum atomic E-state index is -0.458. The lowest BCUT2D eigenvalue weighted by Crippen LogP contribution is -2.39. The van der Waals surface area contributed by atoms with Gasteiger partial charge in [0, 0.05) is 12.2 Å². The Morgan fingerprint density at radius 3 is 2.26 bits per heavy atom. The molecule has 1 aliphatic heterocycles. The Balaban J connectivity index is 0.00000242. The van der Waals surface area contributed by atoms with Crippen molar-refractivity contribution in [3.05, 3.63) is 29.8 Å². The number of amides is 1. The number of nitrogens with one attached hydrogen (secondary N) is 1. The number of carbonyl (C=O) groups excluding carboxylic acids is 1. The maximum Gasteiger partial charge on any atom is 0.241 e. The second-order valence-electron chi connectivity index (χ2n) is 6.25. The molecular formula is C17H29Cl2N3O. The standard InChI is InChI=1S/C17H27N3O.2ClH/c1-13(2)16(18)17(21)19-15-7-5-14(6-8-15)9-12-20-10-3-4-11-20;;/h5-8,13,16H,3-4,9-12,18H2,1-2H3,(H,19,21);2*1H/t16-;;/m0../s1. The summed E-state index contributed by atoms with van der Waals surface area (Å²) in [4.78, 5) is 14.4. The van der Waals surface area contributed by atoms with Gasteiger partial charge in [-0.2, -0.15) is 0 Å². The predicted octanol–water partition coefficient (Wildman–Crippen LogP) is 3.09. The van der Waals surface area contributed by atoms with Crippen LogP contribution in [0.1, 0.15) is 32.3 Å². The van der Waals surface area contributed by atoms with E-state index in [4.69, 9.17) is 5.73 Å². The summed E-state index contributed by atoms with van der Waals surface area (Å²) in [6, 6.07) is 7.65. The van der Waals surface area contributed by atoms with E-state index in [1.807, 2.05) is 26.0 Å². The molecule has 1 atom stereocenters. The van der Waals surface area contributed by atoms with Crippen LogP contribution in [-0.2, 0) is 11.2 Å². The van der Waals surface area contributed by atoms with Crippen molar-refractivity contribution in [1.29, 1.82) is 0 Å². The van der Waals surface area contributed by atoms with Crippen molar-refractivity contribution in [1.82, 2.24) is 4.90 Å². The summed E-state index contributed by atoms with van der Waals surface area (Å²) in [5, 5.41) is 2.87. The molecule has 0 aromatic heterocycles. The molecule has 0 aliphatic carbocycles. The Morgan fingerprint density at radius 1 is 1.17 bits per heavy atom. The molecule has 6 heteroatoms. The molecule has 1 aromatic rings. The number of likely N-dealkylation sites (tertiary alicyclic amines) is 1. The fourth-order valence-corrected chi connectivity index (χ4v) is 2.58. The molecule has 0 radical (unpaired) electrons. The highest BCUT2D eigenvalue weighted by Gasteiger charge is 2.17. The molecule has 0 unspecified atom stereocenters. The molecule has 23 heavy (non-hydrogen) atoms. The first kappa shape index (κ1) is 22.2. The molecule has 2 rings (SSSR count). The molecule has 1 heterocycles. The summed E-state index contributed by atoms with van der Waals surface area (Å²) in [7, 11) is 0. The number of rotatable bonds is 6. The predicted molar refractivity (Wildman–Crippen MR) is 102 cm³/mol. The Hall–Kier alpha value is -0.810. The fraction of sp³-hybridized carbons (Fsp3) is 0.588. The van der Waals surface area contributed by atoms with Crippen molar-refractivity contribution < 1.29 is 4.79 Å². The van der Waals surface area contributed by atoms with E-state index in [0.29, 0.717) is 0 Å². The molecule has 1 saturated heterocycles. The third-order valence-corrected chi connectivity index (χ3v) is 4.16. The number of hydrogen-bond donors (Lipinski definition) is 2. The summed E-state index contributed by atoms with van der Waals surface area (Å²) in [6.45, 7) is 7.50.